The largest absolute Gasteiger partial charge is 0.451 e. The van der Waals surface area contributed by atoms with Crippen molar-refractivity contribution in [3.63, 3.8) is 0 Å². The molecule has 9 nitrogen and oxygen atoms in total. The molecule has 2 heterocycles. The van der Waals surface area contributed by atoms with Crippen LogP contribution in [-0.2, 0) is 28.9 Å². The van der Waals surface area contributed by atoms with E-state index in [2.05, 4.69) is 11.9 Å². The molecule has 10 heteroatoms. The maximum atomic E-state index is 13.0. The first-order valence-electron chi connectivity index (χ1n) is 11.5. The summed E-state index contributed by atoms with van der Waals surface area (Å²) in [5, 5.41) is 0. The summed E-state index contributed by atoms with van der Waals surface area (Å²) >= 11 is 1.40. The van der Waals surface area contributed by atoms with Crippen LogP contribution in [0.1, 0.15) is 45.9 Å². The van der Waals surface area contributed by atoms with Crippen LogP contribution in [0.3, 0.4) is 0 Å². The molecular formula is C25H28N4O5S. The van der Waals surface area contributed by atoms with Crippen LogP contribution in [0.4, 0.5) is 11.5 Å². The van der Waals surface area contributed by atoms with Crippen molar-refractivity contribution in [1.29, 1.82) is 0 Å². The molecule has 0 unspecified atom stereocenters. The molecule has 3 aromatic rings. The Kier molecular flexibility index (Phi) is 7.20. The Bertz CT molecular complexity index is 1360. The van der Waals surface area contributed by atoms with E-state index in [4.69, 9.17) is 10.5 Å². The molecule has 2 aromatic heterocycles. The third kappa shape index (κ3) is 5.22. The molecule has 184 valence electrons. The van der Waals surface area contributed by atoms with Crippen LogP contribution >= 0.6 is 11.3 Å². The van der Waals surface area contributed by atoms with Crippen LogP contribution in [-0.4, -0.2) is 34.6 Å². The number of amides is 1. The molecule has 0 saturated heterocycles. The van der Waals surface area contributed by atoms with Crippen molar-refractivity contribution in [3.05, 3.63) is 78.1 Å². The number of benzene rings is 1. The summed E-state index contributed by atoms with van der Waals surface area (Å²) in [5.74, 6) is -0.742. The number of thiophene rings is 1. The highest BCUT2D eigenvalue weighted by Crippen LogP contribution is 2.32. The summed E-state index contributed by atoms with van der Waals surface area (Å²) in [6.07, 6.45) is 2.97. The number of H-pyrrole nitrogens is 1. The lowest BCUT2D eigenvalue weighted by molar-refractivity contribution is -0.121. The number of hydrogen-bond acceptors (Lipinski definition) is 7. The number of likely N-dealkylation sites (N-methyl/N-ethyl adjacent to an activating group) is 1. The molecule has 4 rings (SSSR count). The van der Waals surface area contributed by atoms with Crippen molar-refractivity contribution in [2.45, 2.75) is 39.7 Å². The molecule has 0 fully saturated rings. The van der Waals surface area contributed by atoms with Gasteiger partial charge in [-0.25, -0.2) is 9.59 Å². The van der Waals surface area contributed by atoms with E-state index in [0.29, 0.717) is 10.8 Å². The van der Waals surface area contributed by atoms with Crippen molar-refractivity contribution >= 4 is 34.7 Å². The maximum absolute atomic E-state index is 13.0. The fourth-order valence-electron chi connectivity index (χ4n) is 4.30. The van der Waals surface area contributed by atoms with E-state index >= 15 is 0 Å². The number of anilines is 2. The number of aryl methyl sites for hydroxylation is 1. The highest BCUT2D eigenvalue weighted by molar-refractivity contribution is 7.14. The molecule has 35 heavy (non-hydrogen) atoms. The van der Waals surface area contributed by atoms with E-state index in [1.807, 2.05) is 36.4 Å². The van der Waals surface area contributed by atoms with E-state index < -0.39 is 29.7 Å². The van der Waals surface area contributed by atoms with Gasteiger partial charge in [-0.3, -0.25) is 19.1 Å². The van der Waals surface area contributed by atoms with Gasteiger partial charge in [0.05, 0.1) is 6.54 Å². The van der Waals surface area contributed by atoms with E-state index in [1.54, 1.807) is 6.92 Å². The number of esters is 1. The molecule has 3 N–H and O–H groups in total. The minimum Gasteiger partial charge on any atom is -0.451 e. The summed E-state index contributed by atoms with van der Waals surface area (Å²) < 4.78 is 6.49. The lowest BCUT2D eigenvalue weighted by atomic mass is 9.90. The van der Waals surface area contributed by atoms with Crippen molar-refractivity contribution in [2.75, 3.05) is 23.8 Å². The molecule has 0 spiro atoms. The van der Waals surface area contributed by atoms with Gasteiger partial charge in [0, 0.05) is 11.4 Å². The van der Waals surface area contributed by atoms with Gasteiger partial charge in [0.1, 0.15) is 10.7 Å². The quantitative estimate of drug-likeness (QED) is 0.484. The van der Waals surface area contributed by atoms with E-state index in [1.165, 1.54) is 26.3 Å². The fraction of sp³-hybridized carbons (Fsp3) is 0.360. The first-order valence-corrected chi connectivity index (χ1v) is 12.4. The molecule has 1 atom stereocenters. The number of nitrogen functional groups attached to an aromatic ring is 1. The highest BCUT2D eigenvalue weighted by Gasteiger charge is 2.26. The van der Waals surface area contributed by atoms with E-state index in [-0.39, 0.29) is 24.6 Å². The maximum Gasteiger partial charge on any atom is 0.348 e. The van der Waals surface area contributed by atoms with Crippen LogP contribution < -0.4 is 21.9 Å². The number of carbonyl (C=O) groups excluding carboxylic acids is 2. The average Bonchev–Trinajstić information content (AvgIpc) is 3.26. The minimum absolute atomic E-state index is 0.0956. The van der Waals surface area contributed by atoms with Gasteiger partial charge >= 0.3 is 11.7 Å². The highest BCUT2D eigenvalue weighted by atomic mass is 32.1. The number of rotatable bonds is 7. The monoisotopic (exact) mass is 496 g/mol. The smallest absolute Gasteiger partial charge is 0.348 e. The lowest BCUT2D eigenvalue weighted by Gasteiger charge is -2.23. The second-order valence-electron chi connectivity index (χ2n) is 8.69. The Morgan fingerprint density at radius 3 is 2.71 bits per heavy atom. The normalized spacial score (nSPS) is 14.9. The molecular weight excluding hydrogens is 468 g/mol. The SMILES string of the molecule is CCN(C(=O)COC(=O)c1cc2c(s1)CC[C@H](C)C2)c1c(N)n(Cc2ccccc2)c(=O)[nH]c1=O. The standard InChI is InChI=1S/C25H28N4O5S/c1-3-28(20(30)14-34-24(32)19-12-17-11-15(2)9-10-18(17)35-19)21-22(26)29(25(33)27-23(21)31)13-16-7-5-4-6-8-16/h4-8,12,15H,3,9-11,13-14,26H2,1-2H3,(H,27,31,33)/t15-/m0/s1. The third-order valence-electron chi connectivity index (χ3n) is 6.14. The number of nitrogens with two attached hydrogens (primary N) is 1. The van der Waals surface area contributed by atoms with Crippen molar-refractivity contribution in [3.8, 4) is 0 Å². The molecule has 0 aliphatic heterocycles. The van der Waals surface area contributed by atoms with E-state index in [0.717, 1.165) is 29.7 Å². The summed E-state index contributed by atoms with van der Waals surface area (Å²) in [6.45, 7) is 3.52. The van der Waals surface area contributed by atoms with E-state index in [9.17, 15) is 19.2 Å². The average molecular weight is 497 g/mol. The third-order valence-corrected chi connectivity index (χ3v) is 7.36. The molecule has 0 saturated carbocycles. The van der Waals surface area contributed by atoms with Gasteiger partial charge in [-0.2, -0.15) is 0 Å². The zero-order chi connectivity index (χ0) is 25.1. The molecule has 0 bridgehead atoms. The Morgan fingerprint density at radius 2 is 2.00 bits per heavy atom. The zero-order valence-electron chi connectivity index (χ0n) is 19.7. The number of fused-ring (bicyclic) bond motifs is 1. The van der Waals surface area contributed by atoms with Crippen LogP contribution in [0.2, 0.25) is 0 Å². The van der Waals surface area contributed by atoms with Gasteiger partial charge in [-0.05, 0) is 49.3 Å². The van der Waals surface area contributed by atoms with Crippen LogP contribution in [0.5, 0.6) is 0 Å². The number of aromatic amines is 1. The van der Waals surface area contributed by atoms with Gasteiger partial charge in [-0.15, -0.1) is 11.3 Å². The molecule has 1 aliphatic carbocycles. The van der Waals surface area contributed by atoms with Crippen LogP contribution in [0.15, 0.2) is 46.0 Å². The van der Waals surface area contributed by atoms with Gasteiger partial charge in [0.25, 0.3) is 11.5 Å². The lowest BCUT2D eigenvalue weighted by Crippen LogP contribution is -2.42. The summed E-state index contributed by atoms with van der Waals surface area (Å²) in [5.41, 5.74) is 6.57. The Labute approximate surface area is 206 Å². The predicted octanol–water partition coefficient (Wildman–Crippen LogP) is 2.56. The summed E-state index contributed by atoms with van der Waals surface area (Å²) in [4.78, 5) is 55.6. The van der Waals surface area contributed by atoms with Crippen LogP contribution in [0.25, 0.3) is 0 Å². The number of nitrogens with one attached hydrogen (secondary N) is 1. The van der Waals surface area contributed by atoms with Crippen LogP contribution in [0, 0.1) is 5.92 Å². The Hall–Kier alpha value is -3.66. The number of carbonyl (C=O) groups is 2. The first-order chi connectivity index (χ1) is 16.8. The second-order valence-corrected chi connectivity index (χ2v) is 9.82. The number of aromatic nitrogens is 2. The Balaban J connectivity index is 1.52. The molecule has 1 aromatic carbocycles. The summed E-state index contributed by atoms with van der Waals surface area (Å²) in [6, 6.07) is 11.0. The van der Waals surface area contributed by atoms with Gasteiger partial charge < -0.3 is 15.4 Å². The number of nitrogens with zero attached hydrogens (tertiary/aromatic N) is 2. The van der Waals surface area contributed by atoms with Crippen molar-refractivity contribution < 1.29 is 14.3 Å². The molecule has 1 amide bonds. The first kappa shape index (κ1) is 24.5. The minimum atomic E-state index is -0.779. The molecule has 1 aliphatic rings. The van der Waals surface area contributed by atoms with Gasteiger partial charge in [-0.1, -0.05) is 37.3 Å². The Morgan fingerprint density at radius 1 is 1.26 bits per heavy atom. The molecule has 0 radical (unpaired) electrons. The number of ether oxygens (including phenoxy) is 1. The summed E-state index contributed by atoms with van der Waals surface area (Å²) in [7, 11) is 0. The zero-order valence-corrected chi connectivity index (χ0v) is 20.5. The topological polar surface area (TPSA) is 127 Å². The second kappa shape index (κ2) is 10.3. The number of hydrogen-bond donors (Lipinski definition) is 2. The predicted molar refractivity (Wildman–Crippen MR) is 135 cm³/mol. The van der Waals surface area contributed by atoms with Crippen molar-refractivity contribution in [2.24, 2.45) is 5.92 Å². The van der Waals surface area contributed by atoms with Crippen molar-refractivity contribution in [1.82, 2.24) is 9.55 Å². The van der Waals surface area contributed by atoms with Gasteiger partial charge in [0.15, 0.2) is 12.3 Å². The van der Waals surface area contributed by atoms with Gasteiger partial charge in [0.2, 0.25) is 0 Å². The fourth-order valence-corrected chi connectivity index (χ4v) is 5.41.